The summed E-state index contributed by atoms with van der Waals surface area (Å²) in [6, 6.07) is 10.2. The zero-order valence-electron chi connectivity index (χ0n) is 10.2. The van der Waals surface area contributed by atoms with Crippen molar-refractivity contribution in [1.29, 1.82) is 0 Å². The fourth-order valence-electron chi connectivity index (χ4n) is 1.61. The van der Waals surface area contributed by atoms with Gasteiger partial charge < -0.3 is 10.3 Å². The van der Waals surface area contributed by atoms with E-state index in [4.69, 9.17) is 10.3 Å². The molecule has 2 N–H and O–H groups in total. The lowest BCUT2D eigenvalue weighted by molar-refractivity contribution is 0.374. The van der Waals surface area contributed by atoms with Gasteiger partial charge in [-0.2, -0.15) is 4.98 Å². The summed E-state index contributed by atoms with van der Waals surface area (Å²) in [4.78, 5) is 4.25. The lowest BCUT2D eigenvalue weighted by atomic mass is 10.2. The van der Waals surface area contributed by atoms with E-state index in [0.29, 0.717) is 24.7 Å². The van der Waals surface area contributed by atoms with Crippen molar-refractivity contribution in [2.24, 2.45) is 5.73 Å². The van der Waals surface area contributed by atoms with E-state index >= 15 is 0 Å². The van der Waals surface area contributed by atoms with Crippen LogP contribution in [0.1, 0.15) is 23.7 Å². The van der Waals surface area contributed by atoms with Gasteiger partial charge in [-0.15, -0.1) is 0 Å². The fourth-order valence-corrected chi connectivity index (χ4v) is 1.61. The molecular weight excluding hydrogens is 226 g/mol. The zero-order valence-corrected chi connectivity index (χ0v) is 10.2. The Hall–Kier alpha value is -1.94. The zero-order chi connectivity index (χ0) is 12.6. The summed E-state index contributed by atoms with van der Waals surface area (Å²) in [6.45, 7) is 0.548. The number of nitrogens with two attached hydrogens (primary N) is 1. The topological polar surface area (TPSA) is 64.9 Å². The van der Waals surface area contributed by atoms with Crippen molar-refractivity contribution in [2.75, 3.05) is 6.54 Å². The Kier molecular flexibility index (Phi) is 4.67. The highest BCUT2D eigenvalue weighted by Gasteiger charge is 2.03. The molecule has 0 aliphatic carbocycles. The molecule has 0 saturated carbocycles. The Balaban J connectivity index is 1.79. The van der Waals surface area contributed by atoms with Crippen molar-refractivity contribution < 1.29 is 4.52 Å². The highest BCUT2D eigenvalue weighted by atomic mass is 16.5. The highest BCUT2D eigenvalue weighted by molar-refractivity contribution is 5.48. The first-order chi connectivity index (χ1) is 8.88. The van der Waals surface area contributed by atoms with E-state index in [0.717, 1.165) is 12.8 Å². The SMILES string of the molecule is NCCc1noc(CC/C=C/c2ccccc2)n1. The van der Waals surface area contributed by atoms with Gasteiger partial charge in [-0.05, 0) is 18.5 Å². The van der Waals surface area contributed by atoms with Gasteiger partial charge in [0.25, 0.3) is 0 Å². The second-order valence-electron chi connectivity index (χ2n) is 3.99. The minimum Gasteiger partial charge on any atom is -0.339 e. The first-order valence-corrected chi connectivity index (χ1v) is 6.11. The Bertz CT molecular complexity index is 491. The number of benzene rings is 1. The highest BCUT2D eigenvalue weighted by Crippen LogP contribution is 2.05. The fraction of sp³-hybridized carbons (Fsp3) is 0.286. The Morgan fingerprint density at radius 3 is 2.78 bits per heavy atom. The molecule has 0 unspecified atom stereocenters. The molecule has 0 radical (unpaired) electrons. The number of aryl methyl sites for hydroxylation is 1. The minimum absolute atomic E-state index is 0.548. The summed E-state index contributed by atoms with van der Waals surface area (Å²) in [6.07, 6.45) is 6.53. The molecule has 0 spiro atoms. The van der Waals surface area contributed by atoms with Gasteiger partial charge in [-0.1, -0.05) is 47.6 Å². The summed E-state index contributed by atoms with van der Waals surface area (Å²) in [5.74, 6) is 1.37. The normalized spacial score (nSPS) is 11.2. The predicted molar refractivity (Wildman–Crippen MR) is 70.9 cm³/mol. The van der Waals surface area contributed by atoms with Crippen molar-refractivity contribution in [3.63, 3.8) is 0 Å². The first-order valence-electron chi connectivity index (χ1n) is 6.11. The second-order valence-corrected chi connectivity index (χ2v) is 3.99. The van der Waals surface area contributed by atoms with Gasteiger partial charge >= 0.3 is 0 Å². The first kappa shape index (κ1) is 12.5. The van der Waals surface area contributed by atoms with E-state index in [2.05, 4.69) is 34.4 Å². The molecule has 18 heavy (non-hydrogen) atoms. The van der Waals surface area contributed by atoms with Crippen LogP contribution >= 0.6 is 0 Å². The van der Waals surface area contributed by atoms with Gasteiger partial charge in [0.15, 0.2) is 5.82 Å². The van der Waals surface area contributed by atoms with Crippen LogP contribution in [0, 0.1) is 0 Å². The maximum atomic E-state index is 5.42. The molecule has 2 aromatic rings. The minimum atomic E-state index is 0.548. The number of rotatable bonds is 6. The van der Waals surface area contributed by atoms with Gasteiger partial charge in [0.2, 0.25) is 5.89 Å². The van der Waals surface area contributed by atoms with Crippen LogP contribution < -0.4 is 5.73 Å². The van der Waals surface area contributed by atoms with Crippen molar-refractivity contribution in [3.8, 4) is 0 Å². The molecule has 0 bridgehead atoms. The van der Waals surface area contributed by atoms with Crippen LogP contribution in [0.15, 0.2) is 40.9 Å². The molecule has 1 aromatic heterocycles. The number of aromatic nitrogens is 2. The second kappa shape index (κ2) is 6.71. The molecule has 0 saturated heterocycles. The maximum Gasteiger partial charge on any atom is 0.226 e. The molecule has 4 heteroatoms. The Labute approximate surface area is 107 Å². The Morgan fingerprint density at radius 2 is 2.00 bits per heavy atom. The molecule has 2 rings (SSSR count). The summed E-state index contributed by atoms with van der Waals surface area (Å²) in [5, 5.41) is 3.85. The summed E-state index contributed by atoms with van der Waals surface area (Å²) >= 11 is 0. The van der Waals surface area contributed by atoms with Crippen LogP contribution in [-0.4, -0.2) is 16.7 Å². The quantitative estimate of drug-likeness (QED) is 0.844. The van der Waals surface area contributed by atoms with E-state index in [1.807, 2.05) is 18.2 Å². The monoisotopic (exact) mass is 243 g/mol. The van der Waals surface area contributed by atoms with Gasteiger partial charge in [0.1, 0.15) is 0 Å². The average molecular weight is 243 g/mol. The van der Waals surface area contributed by atoms with E-state index in [-0.39, 0.29) is 0 Å². The van der Waals surface area contributed by atoms with E-state index in [9.17, 15) is 0 Å². The van der Waals surface area contributed by atoms with Crippen LogP contribution in [0.5, 0.6) is 0 Å². The van der Waals surface area contributed by atoms with Crippen LogP contribution in [0.25, 0.3) is 6.08 Å². The molecule has 0 aliphatic rings. The lowest BCUT2D eigenvalue weighted by Gasteiger charge is -1.91. The Morgan fingerprint density at radius 1 is 1.17 bits per heavy atom. The summed E-state index contributed by atoms with van der Waals surface area (Å²) in [5.41, 5.74) is 6.62. The third-order valence-electron chi connectivity index (χ3n) is 2.51. The lowest BCUT2D eigenvalue weighted by Crippen LogP contribution is -2.03. The van der Waals surface area contributed by atoms with Gasteiger partial charge in [-0.25, -0.2) is 0 Å². The molecule has 1 aromatic carbocycles. The molecule has 4 nitrogen and oxygen atoms in total. The number of hydrogen-bond donors (Lipinski definition) is 1. The van der Waals surface area contributed by atoms with E-state index in [1.54, 1.807) is 0 Å². The van der Waals surface area contributed by atoms with E-state index in [1.165, 1.54) is 5.56 Å². The molecule has 0 atom stereocenters. The van der Waals surface area contributed by atoms with Crippen molar-refractivity contribution >= 4 is 6.08 Å². The van der Waals surface area contributed by atoms with Crippen molar-refractivity contribution in [3.05, 3.63) is 53.7 Å². The molecular formula is C14H17N3O. The van der Waals surface area contributed by atoms with Crippen molar-refractivity contribution in [2.45, 2.75) is 19.3 Å². The molecule has 1 heterocycles. The molecule has 0 aliphatic heterocycles. The maximum absolute atomic E-state index is 5.42. The van der Waals surface area contributed by atoms with Gasteiger partial charge in [-0.3, -0.25) is 0 Å². The van der Waals surface area contributed by atoms with Crippen LogP contribution in [-0.2, 0) is 12.8 Å². The van der Waals surface area contributed by atoms with Crippen LogP contribution in [0.2, 0.25) is 0 Å². The van der Waals surface area contributed by atoms with Crippen LogP contribution in [0.3, 0.4) is 0 Å². The van der Waals surface area contributed by atoms with Gasteiger partial charge in [0, 0.05) is 12.8 Å². The standard InChI is InChI=1S/C14H17N3O/c15-11-10-13-16-14(18-17-13)9-5-4-8-12-6-2-1-3-7-12/h1-4,6-8H,5,9-11,15H2/b8-4+. The average Bonchev–Trinajstić information content (AvgIpc) is 2.84. The van der Waals surface area contributed by atoms with E-state index < -0.39 is 0 Å². The number of hydrogen-bond acceptors (Lipinski definition) is 4. The summed E-state index contributed by atoms with van der Waals surface area (Å²) in [7, 11) is 0. The third kappa shape index (κ3) is 3.82. The molecule has 94 valence electrons. The number of allylic oxidation sites excluding steroid dienone is 1. The largest absolute Gasteiger partial charge is 0.339 e. The molecule has 0 amide bonds. The third-order valence-corrected chi connectivity index (χ3v) is 2.51. The number of nitrogens with zero attached hydrogens (tertiary/aromatic N) is 2. The smallest absolute Gasteiger partial charge is 0.226 e. The van der Waals surface area contributed by atoms with Crippen LogP contribution in [0.4, 0.5) is 0 Å². The van der Waals surface area contributed by atoms with Gasteiger partial charge in [0.05, 0.1) is 0 Å². The molecule has 0 fully saturated rings. The summed E-state index contributed by atoms with van der Waals surface area (Å²) < 4.78 is 5.12. The van der Waals surface area contributed by atoms with Crippen molar-refractivity contribution in [1.82, 2.24) is 10.1 Å². The predicted octanol–water partition coefficient (Wildman–Crippen LogP) is 2.22.